The highest BCUT2D eigenvalue weighted by Gasteiger charge is 2.15. The molecule has 1 saturated heterocycles. The SMILES string of the molecule is Cc1ncc(CO)c(CNCC2COCCO2)c1O. The summed E-state index contributed by atoms with van der Waals surface area (Å²) in [4.78, 5) is 4.03. The molecular formula is C13H20N2O4. The average molecular weight is 268 g/mol. The maximum atomic E-state index is 9.98. The lowest BCUT2D eigenvalue weighted by Crippen LogP contribution is -2.37. The Kier molecular flexibility index (Phi) is 5.09. The Morgan fingerprint density at radius 3 is 3.00 bits per heavy atom. The van der Waals surface area contributed by atoms with E-state index in [1.807, 2.05) is 0 Å². The van der Waals surface area contributed by atoms with Crippen molar-refractivity contribution in [2.75, 3.05) is 26.4 Å². The minimum atomic E-state index is -0.138. The fraction of sp³-hybridized carbons (Fsp3) is 0.615. The summed E-state index contributed by atoms with van der Waals surface area (Å²) in [5, 5.41) is 22.4. The van der Waals surface area contributed by atoms with E-state index in [1.54, 1.807) is 13.1 Å². The fourth-order valence-electron chi connectivity index (χ4n) is 2.03. The van der Waals surface area contributed by atoms with Crippen LogP contribution in [0.3, 0.4) is 0 Å². The van der Waals surface area contributed by atoms with Crippen LogP contribution in [0.15, 0.2) is 6.20 Å². The summed E-state index contributed by atoms with van der Waals surface area (Å²) in [6.45, 7) is 4.56. The van der Waals surface area contributed by atoms with Crippen molar-refractivity contribution in [1.29, 1.82) is 0 Å². The number of nitrogens with one attached hydrogen (secondary N) is 1. The molecule has 1 unspecified atom stereocenters. The van der Waals surface area contributed by atoms with E-state index in [0.717, 1.165) is 0 Å². The molecule has 0 aliphatic carbocycles. The maximum Gasteiger partial charge on any atom is 0.141 e. The molecule has 1 atom stereocenters. The summed E-state index contributed by atoms with van der Waals surface area (Å²) in [5.74, 6) is 0.139. The van der Waals surface area contributed by atoms with Crippen LogP contribution >= 0.6 is 0 Å². The molecule has 0 amide bonds. The van der Waals surface area contributed by atoms with E-state index >= 15 is 0 Å². The van der Waals surface area contributed by atoms with Gasteiger partial charge in [0.05, 0.1) is 38.2 Å². The first kappa shape index (κ1) is 14.2. The minimum absolute atomic E-state index is 0.0383. The van der Waals surface area contributed by atoms with Crippen molar-refractivity contribution in [2.45, 2.75) is 26.2 Å². The number of nitrogens with zero attached hydrogens (tertiary/aromatic N) is 1. The Bertz CT molecular complexity index is 419. The van der Waals surface area contributed by atoms with E-state index in [-0.39, 0.29) is 18.5 Å². The third-order valence-electron chi connectivity index (χ3n) is 3.16. The van der Waals surface area contributed by atoms with Crippen LogP contribution in [-0.2, 0) is 22.6 Å². The van der Waals surface area contributed by atoms with Crippen LogP contribution in [0.2, 0.25) is 0 Å². The zero-order valence-corrected chi connectivity index (χ0v) is 11.1. The molecule has 0 radical (unpaired) electrons. The number of aromatic nitrogens is 1. The highest BCUT2D eigenvalue weighted by molar-refractivity contribution is 5.40. The summed E-state index contributed by atoms with van der Waals surface area (Å²) in [7, 11) is 0. The molecule has 1 aromatic rings. The maximum absolute atomic E-state index is 9.98. The van der Waals surface area contributed by atoms with E-state index in [0.29, 0.717) is 49.7 Å². The lowest BCUT2D eigenvalue weighted by Gasteiger charge is -2.23. The second kappa shape index (κ2) is 6.81. The third-order valence-corrected chi connectivity index (χ3v) is 3.16. The smallest absolute Gasteiger partial charge is 0.141 e. The summed E-state index contributed by atoms with van der Waals surface area (Å²) < 4.78 is 10.8. The number of hydrogen-bond donors (Lipinski definition) is 3. The van der Waals surface area contributed by atoms with Crippen molar-refractivity contribution < 1.29 is 19.7 Å². The number of pyridine rings is 1. The van der Waals surface area contributed by atoms with Gasteiger partial charge in [-0.1, -0.05) is 0 Å². The molecule has 3 N–H and O–H groups in total. The standard InChI is InChI=1S/C13H20N2O4/c1-9-13(17)12(10(7-16)4-15-9)6-14-5-11-8-18-2-3-19-11/h4,11,14,16-17H,2-3,5-8H2,1H3. The van der Waals surface area contributed by atoms with Gasteiger partial charge in [-0.25, -0.2) is 0 Å². The topological polar surface area (TPSA) is 83.8 Å². The minimum Gasteiger partial charge on any atom is -0.506 e. The van der Waals surface area contributed by atoms with Crippen molar-refractivity contribution in [3.63, 3.8) is 0 Å². The largest absolute Gasteiger partial charge is 0.506 e. The second-order valence-corrected chi connectivity index (χ2v) is 4.55. The Balaban J connectivity index is 1.92. The number of rotatable bonds is 5. The van der Waals surface area contributed by atoms with Crippen LogP contribution in [0.1, 0.15) is 16.8 Å². The van der Waals surface area contributed by atoms with Crippen molar-refractivity contribution in [3.8, 4) is 5.75 Å². The monoisotopic (exact) mass is 268 g/mol. The molecule has 1 aromatic heterocycles. The Morgan fingerprint density at radius 2 is 2.32 bits per heavy atom. The van der Waals surface area contributed by atoms with Gasteiger partial charge >= 0.3 is 0 Å². The van der Waals surface area contributed by atoms with Gasteiger partial charge in [0.25, 0.3) is 0 Å². The van der Waals surface area contributed by atoms with Gasteiger partial charge in [0.15, 0.2) is 0 Å². The highest BCUT2D eigenvalue weighted by atomic mass is 16.6. The van der Waals surface area contributed by atoms with E-state index in [4.69, 9.17) is 9.47 Å². The number of aromatic hydroxyl groups is 1. The predicted molar refractivity (Wildman–Crippen MR) is 68.8 cm³/mol. The number of aliphatic hydroxyl groups excluding tert-OH is 1. The Morgan fingerprint density at radius 1 is 1.47 bits per heavy atom. The predicted octanol–water partition coefficient (Wildman–Crippen LogP) is 0.0929. The molecule has 2 heterocycles. The number of ether oxygens (including phenoxy) is 2. The number of hydrogen-bond acceptors (Lipinski definition) is 6. The van der Waals surface area contributed by atoms with E-state index in [9.17, 15) is 10.2 Å². The van der Waals surface area contributed by atoms with Gasteiger partial charge in [-0.3, -0.25) is 4.98 Å². The molecular weight excluding hydrogens is 248 g/mol. The summed E-state index contributed by atoms with van der Waals surface area (Å²) in [6.07, 6.45) is 1.63. The molecule has 0 aromatic carbocycles. The summed E-state index contributed by atoms with van der Waals surface area (Å²) in [5.41, 5.74) is 1.88. The lowest BCUT2D eigenvalue weighted by molar-refractivity contribution is -0.0864. The van der Waals surface area contributed by atoms with E-state index < -0.39 is 0 Å². The van der Waals surface area contributed by atoms with Gasteiger partial charge in [-0.2, -0.15) is 0 Å². The first-order valence-electron chi connectivity index (χ1n) is 6.39. The molecule has 0 saturated carbocycles. The van der Waals surface area contributed by atoms with Gasteiger partial charge < -0.3 is 25.0 Å². The van der Waals surface area contributed by atoms with Gasteiger partial charge in [0, 0.05) is 30.4 Å². The van der Waals surface area contributed by atoms with Gasteiger partial charge in [0.2, 0.25) is 0 Å². The van der Waals surface area contributed by atoms with Crippen molar-refractivity contribution >= 4 is 0 Å². The molecule has 0 bridgehead atoms. The fourth-order valence-corrected chi connectivity index (χ4v) is 2.03. The van der Waals surface area contributed by atoms with Crippen molar-refractivity contribution in [2.24, 2.45) is 0 Å². The van der Waals surface area contributed by atoms with Gasteiger partial charge in [-0.15, -0.1) is 0 Å². The van der Waals surface area contributed by atoms with Crippen LogP contribution in [0.5, 0.6) is 5.75 Å². The van der Waals surface area contributed by atoms with Crippen LogP contribution in [0.25, 0.3) is 0 Å². The Labute approximate surface area is 112 Å². The third kappa shape index (κ3) is 3.63. The molecule has 106 valence electrons. The lowest BCUT2D eigenvalue weighted by atomic mass is 10.1. The molecule has 19 heavy (non-hydrogen) atoms. The first-order chi connectivity index (χ1) is 9.22. The van der Waals surface area contributed by atoms with Crippen LogP contribution in [0.4, 0.5) is 0 Å². The second-order valence-electron chi connectivity index (χ2n) is 4.55. The zero-order chi connectivity index (χ0) is 13.7. The molecule has 2 rings (SSSR count). The molecule has 1 aliphatic heterocycles. The van der Waals surface area contributed by atoms with Crippen LogP contribution in [-0.4, -0.2) is 47.7 Å². The normalized spacial score (nSPS) is 19.6. The van der Waals surface area contributed by atoms with Crippen LogP contribution in [0, 0.1) is 6.92 Å². The summed E-state index contributed by atoms with van der Waals surface area (Å²) in [6, 6.07) is 0. The Hall–Kier alpha value is -1.21. The zero-order valence-electron chi connectivity index (χ0n) is 11.1. The van der Waals surface area contributed by atoms with E-state index in [2.05, 4.69) is 10.3 Å². The quantitative estimate of drug-likeness (QED) is 0.702. The average Bonchev–Trinajstić information content (AvgIpc) is 2.45. The molecule has 0 spiro atoms. The molecule has 1 aliphatic rings. The molecule has 6 heteroatoms. The molecule has 1 fully saturated rings. The highest BCUT2D eigenvalue weighted by Crippen LogP contribution is 2.23. The van der Waals surface area contributed by atoms with Crippen molar-refractivity contribution in [3.05, 3.63) is 23.0 Å². The van der Waals surface area contributed by atoms with Gasteiger partial charge in [-0.05, 0) is 6.92 Å². The molecule has 6 nitrogen and oxygen atoms in total. The number of aryl methyl sites for hydroxylation is 1. The number of aliphatic hydroxyl groups is 1. The first-order valence-corrected chi connectivity index (χ1v) is 6.39. The van der Waals surface area contributed by atoms with E-state index in [1.165, 1.54) is 0 Å². The van der Waals surface area contributed by atoms with Crippen LogP contribution < -0.4 is 5.32 Å². The van der Waals surface area contributed by atoms with Gasteiger partial charge in [0.1, 0.15) is 5.75 Å². The summed E-state index contributed by atoms with van der Waals surface area (Å²) >= 11 is 0. The van der Waals surface area contributed by atoms with Crippen molar-refractivity contribution in [1.82, 2.24) is 10.3 Å².